The van der Waals surface area contributed by atoms with E-state index in [1.807, 2.05) is 43.0 Å². The lowest BCUT2D eigenvalue weighted by molar-refractivity contribution is 0.164. The van der Waals surface area contributed by atoms with Crippen molar-refractivity contribution in [1.82, 2.24) is 9.56 Å². The molecular weight excluding hydrogens is 537 g/mol. The second-order valence-electron chi connectivity index (χ2n) is 7.49. The standard InChI is InChI=1S/C21H28Cl2N4O2P2S2/c1-5-14-21(2,30(32)26(3)24-15-17-6-10-19(28)11-7-17)29-20-12-8-18(9-13-20)16-25-27(4)31(22,23)33/h6-13,15-16,28,30H,5,14H2,1-4H3/b24-15+,25-16+. The topological polar surface area (TPSA) is 60.7 Å². The summed E-state index contributed by atoms with van der Waals surface area (Å²) in [5.74, 6) is 0.939. The predicted molar refractivity (Wildman–Crippen MR) is 151 cm³/mol. The SMILES string of the molecule is CCCC(C)(Oc1ccc(/C=N/N(C)P(=S)(Cl)Cl)cc1)[PH](=S)N(C)/N=C/c1ccc(O)cc1. The number of halogens is 2. The van der Waals surface area contributed by atoms with E-state index < -0.39 is 17.1 Å². The van der Waals surface area contributed by atoms with E-state index in [0.717, 1.165) is 29.7 Å². The summed E-state index contributed by atoms with van der Waals surface area (Å²) in [7, 11) is 3.53. The van der Waals surface area contributed by atoms with Gasteiger partial charge in [-0.2, -0.15) is 10.2 Å². The monoisotopic (exact) mass is 564 g/mol. The third-order valence-electron chi connectivity index (χ3n) is 4.68. The smallest absolute Gasteiger partial charge is 0.222 e. The highest BCUT2D eigenvalue weighted by molar-refractivity contribution is 8.37. The van der Waals surface area contributed by atoms with Crippen LogP contribution in [0.3, 0.4) is 0 Å². The summed E-state index contributed by atoms with van der Waals surface area (Å²) < 4.78 is 9.63. The molecule has 0 radical (unpaired) electrons. The van der Waals surface area contributed by atoms with Crippen LogP contribution in [0.25, 0.3) is 0 Å². The minimum absolute atomic E-state index is 0.217. The number of benzene rings is 2. The first-order chi connectivity index (χ1) is 15.4. The van der Waals surface area contributed by atoms with Crippen LogP contribution in [0.5, 0.6) is 11.5 Å². The second-order valence-corrected chi connectivity index (χ2v) is 18.7. The van der Waals surface area contributed by atoms with Gasteiger partial charge in [-0.15, -0.1) is 0 Å². The zero-order chi connectivity index (χ0) is 24.6. The Bertz CT molecular complexity index is 1050. The van der Waals surface area contributed by atoms with Crippen LogP contribution in [0.1, 0.15) is 37.8 Å². The van der Waals surface area contributed by atoms with Crippen LogP contribution in [-0.4, -0.2) is 46.5 Å². The lowest BCUT2D eigenvalue weighted by atomic mass is 10.2. The Morgan fingerprint density at radius 2 is 1.58 bits per heavy atom. The molecule has 2 rings (SSSR count). The highest BCUT2D eigenvalue weighted by atomic mass is 35.9. The van der Waals surface area contributed by atoms with Crippen molar-refractivity contribution in [3.63, 3.8) is 0 Å². The molecule has 6 nitrogen and oxygen atoms in total. The molecule has 2 unspecified atom stereocenters. The van der Waals surface area contributed by atoms with Crippen LogP contribution in [-0.2, 0) is 23.6 Å². The van der Waals surface area contributed by atoms with Gasteiger partial charge in [-0.1, -0.05) is 25.2 Å². The lowest BCUT2D eigenvalue weighted by Gasteiger charge is -2.35. The van der Waals surface area contributed by atoms with Gasteiger partial charge in [-0.3, -0.25) is 4.78 Å². The molecule has 0 heterocycles. The van der Waals surface area contributed by atoms with Gasteiger partial charge in [0.25, 0.3) is 0 Å². The molecule has 0 aliphatic rings. The summed E-state index contributed by atoms with van der Waals surface area (Å²) in [5.41, 5.74) is 1.74. The van der Waals surface area contributed by atoms with Gasteiger partial charge in [-0.25, -0.2) is 4.78 Å². The number of rotatable bonds is 11. The highest BCUT2D eigenvalue weighted by Gasteiger charge is 2.32. The Morgan fingerprint density at radius 3 is 2.09 bits per heavy atom. The number of nitrogens with zero attached hydrogens (tertiary/aromatic N) is 4. The summed E-state index contributed by atoms with van der Waals surface area (Å²) >= 11 is 22.8. The zero-order valence-corrected chi connectivity index (χ0v) is 23.9. The minimum atomic E-state index is -2.63. The summed E-state index contributed by atoms with van der Waals surface area (Å²) in [4.78, 5) is -2.63. The van der Waals surface area contributed by atoms with Gasteiger partial charge < -0.3 is 9.84 Å². The summed E-state index contributed by atoms with van der Waals surface area (Å²) in [6, 6.07) is 14.4. The fourth-order valence-corrected chi connectivity index (χ4v) is 5.50. The van der Waals surface area contributed by atoms with E-state index in [4.69, 9.17) is 50.8 Å². The van der Waals surface area contributed by atoms with E-state index in [2.05, 4.69) is 17.1 Å². The quantitative estimate of drug-likeness (QED) is 0.184. The molecule has 0 aromatic heterocycles. The van der Waals surface area contributed by atoms with E-state index in [0.29, 0.717) is 0 Å². The fraction of sp³-hybridized carbons (Fsp3) is 0.333. The molecule has 0 spiro atoms. The van der Waals surface area contributed by atoms with Crippen molar-refractivity contribution in [3.8, 4) is 11.5 Å². The molecule has 1 N–H and O–H groups in total. The zero-order valence-electron chi connectivity index (χ0n) is 18.9. The Hall–Kier alpha value is -1.14. The number of phenols is 1. The largest absolute Gasteiger partial charge is 0.508 e. The maximum Gasteiger partial charge on any atom is 0.222 e. The third-order valence-corrected chi connectivity index (χ3v) is 11.5. The Kier molecular flexibility index (Phi) is 10.7. The van der Waals surface area contributed by atoms with E-state index >= 15 is 0 Å². The van der Waals surface area contributed by atoms with Gasteiger partial charge in [0.05, 0.1) is 19.3 Å². The van der Waals surface area contributed by atoms with Crippen molar-refractivity contribution >= 4 is 70.3 Å². The molecule has 2 aromatic rings. The number of phenolic OH excluding ortho intramolecular Hbond substituents is 1. The van der Waals surface area contributed by atoms with E-state index in [1.165, 1.54) is 4.78 Å². The normalized spacial score (nSPS) is 14.8. The molecule has 2 aromatic carbocycles. The van der Waals surface area contributed by atoms with Crippen LogP contribution in [0, 0.1) is 0 Å². The van der Waals surface area contributed by atoms with Gasteiger partial charge >= 0.3 is 0 Å². The molecule has 0 fully saturated rings. The summed E-state index contributed by atoms with van der Waals surface area (Å²) in [6.45, 7) is 2.54. The van der Waals surface area contributed by atoms with Gasteiger partial charge in [-0.05, 0) is 107 Å². The van der Waals surface area contributed by atoms with E-state index in [9.17, 15) is 5.11 Å². The minimum Gasteiger partial charge on any atom is -0.508 e. The van der Waals surface area contributed by atoms with Crippen molar-refractivity contribution < 1.29 is 9.84 Å². The molecular formula is C21H28Cl2N4O2P2S2. The van der Waals surface area contributed by atoms with Crippen molar-refractivity contribution in [2.24, 2.45) is 10.2 Å². The molecule has 0 saturated carbocycles. The fourth-order valence-electron chi connectivity index (χ4n) is 2.88. The molecule has 12 heteroatoms. The molecule has 0 bridgehead atoms. The Labute approximate surface area is 216 Å². The van der Waals surface area contributed by atoms with Crippen molar-refractivity contribution in [2.75, 3.05) is 14.1 Å². The molecule has 33 heavy (non-hydrogen) atoms. The molecule has 0 aliphatic heterocycles. The average molecular weight is 565 g/mol. The first-order valence-electron chi connectivity index (χ1n) is 10.1. The molecule has 0 aliphatic carbocycles. The van der Waals surface area contributed by atoms with Gasteiger partial charge in [0.2, 0.25) is 4.89 Å². The second kappa shape index (κ2) is 12.5. The molecule has 0 amide bonds. The number of hydrogen-bond donors (Lipinski definition) is 1. The first-order valence-corrected chi connectivity index (χ1v) is 17.3. The first kappa shape index (κ1) is 28.1. The number of hydrazone groups is 2. The maximum atomic E-state index is 9.43. The maximum absolute atomic E-state index is 9.43. The Morgan fingerprint density at radius 1 is 1.06 bits per heavy atom. The predicted octanol–water partition coefficient (Wildman–Crippen LogP) is 6.81. The van der Waals surface area contributed by atoms with Crippen LogP contribution in [0.15, 0.2) is 58.7 Å². The van der Waals surface area contributed by atoms with Gasteiger partial charge in [0, 0.05) is 14.1 Å². The average Bonchev–Trinajstić information content (AvgIpc) is 2.76. The molecule has 2 atom stereocenters. The van der Waals surface area contributed by atoms with Crippen LogP contribution in [0.2, 0.25) is 0 Å². The van der Waals surface area contributed by atoms with Crippen molar-refractivity contribution in [1.29, 1.82) is 0 Å². The number of hydrogen-bond acceptors (Lipinski definition) is 6. The van der Waals surface area contributed by atoms with Crippen molar-refractivity contribution in [2.45, 2.75) is 32.0 Å². The van der Waals surface area contributed by atoms with Crippen LogP contribution < -0.4 is 4.74 Å². The lowest BCUT2D eigenvalue weighted by Crippen LogP contribution is -2.31. The number of aromatic hydroxyl groups is 1. The summed E-state index contributed by atoms with van der Waals surface area (Å²) in [5, 5.41) is 17.6. The molecule has 0 saturated heterocycles. The Balaban J connectivity index is 2.12. The summed E-state index contributed by atoms with van der Waals surface area (Å²) in [6.07, 6.45) is 5.11. The van der Waals surface area contributed by atoms with Gasteiger partial charge in [0.1, 0.15) is 16.8 Å². The number of ether oxygens (including phenoxy) is 1. The van der Waals surface area contributed by atoms with E-state index in [-0.39, 0.29) is 5.75 Å². The molecule has 180 valence electrons. The van der Waals surface area contributed by atoms with E-state index in [1.54, 1.807) is 43.7 Å². The van der Waals surface area contributed by atoms with Crippen molar-refractivity contribution in [3.05, 3.63) is 59.7 Å². The van der Waals surface area contributed by atoms with Gasteiger partial charge in [0.15, 0.2) is 0 Å². The highest BCUT2D eigenvalue weighted by Crippen LogP contribution is 2.59. The van der Waals surface area contributed by atoms with Crippen LogP contribution in [0.4, 0.5) is 0 Å². The van der Waals surface area contributed by atoms with Crippen LogP contribution >= 0.6 is 34.2 Å². The third kappa shape index (κ3) is 8.86.